The molecule has 1 saturated heterocycles. The van der Waals surface area contributed by atoms with Gasteiger partial charge in [-0.15, -0.1) is 0 Å². The largest absolute Gasteiger partial charge is 0.461 e. The van der Waals surface area contributed by atoms with Crippen molar-refractivity contribution < 1.29 is 9.47 Å². The molecule has 0 amide bonds. The quantitative estimate of drug-likeness (QED) is 0.502. The molecular weight excluding hydrogens is 248 g/mol. The van der Waals surface area contributed by atoms with Crippen LogP contribution in [-0.4, -0.2) is 40.8 Å². The molecule has 4 N–H and O–H groups in total. The van der Waals surface area contributed by atoms with Crippen LogP contribution in [-0.2, 0) is 4.74 Å². The van der Waals surface area contributed by atoms with Gasteiger partial charge in [-0.1, -0.05) is 0 Å². The molecule has 1 aliphatic heterocycles. The summed E-state index contributed by atoms with van der Waals surface area (Å²) in [7, 11) is 0. The maximum absolute atomic E-state index is 5.45. The number of nitrogens with zero attached hydrogens (tertiary/aromatic N) is 3. The summed E-state index contributed by atoms with van der Waals surface area (Å²) < 4.78 is 10.8. The van der Waals surface area contributed by atoms with Crippen LogP contribution in [0.4, 0.5) is 11.9 Å². The Balaban J connectivity index is 2.00. The lowest BCUT2D eigenvalue weighted by Gasteiger charge is -2.12. The highest BCUT2D eigenvalue weighted by Gasteiger charge is 2.16. The minimum absolute atomic E-state index is 0.0101. The molecule has 0 saturated carbocycles. The Hall–Kier alpha value is -1.67. The Kier molecular flexibility index (Phi) is 4.69. The predicted molar refractivity (Wildman–Crippen MR) is 70.8 cm³/mol. The van der Waals surface area contributed by atoms with Gasteiger partial charge in [-0.05, 0) is 20.3 Å². The van der Waals surface area contributed by atoms with E-state index in [4.69, 9.17) is 15.3 Å². The zero-order valence-corrected chi connectivity index (χ0v) is 11.2. The van der Waals surface area contributed by atoms with Crippen molar-refractivity contribution in [3.05, 3.63) is 0 Å². The highest BCUT2D eigenvalue weighted by atomic mass is 16.5. The fourth-order valence-corrected chi connectivity index (χ4v) is 1.74. The maximum Gasteiger partial charge on any atom is 0.323 e. The van der Waals surface area contributed by atoms with Gasteiger partial charge in [0.1, 0.15) is 0 Å². The van der Waals surface area contributed by atoms with Crippen LogP contribution in [0.5, 0.6) is 6.01 Å². The van der Waals surface area contributed by atoms with Crippen molar-refractivity contribution in [2.75, 3.05) is 30.5 Å². The van der Waals surface area contributed by atoms with Gasteiger partial charge >= 0.3 is 6.01 Å². The first-order chi connectivity index (χ1) is 9.17. The number of hydrogen-bond donors (Lipinski definition) is 3. The number of hydrazine groups is 1. The molecule has 8 nitrogen and oxygen atoms in total. The van der Waals surface area contributed by atoms with Gasteiger partial charge in [-0.25, -0.2) is 5.84 Å². The lowest BCUT2D eigenvalue weighted by molar-refractivity contribution is 0.187. The molecule has 0 radical (unpaired) electrons. The third kappa shape index (κ3) is 4.18. The summed E-state index contributed by atoms with van der Waals surface area (Å²) in [6.07, 6.45) is 1.04. The van der Waals surface area contributed by atoms with E-state index in [1.54, 1.807) is 0 Å². The molecule has 2 heterocycles. The topological polar surface area (TPSA) is 107 Å². The zero-order chi connectivity index (χ0) is 13.7. The van der Waals surface area contributed by atoms with E-state index in [0.717, 1.165) is 26.2 Å². The molecule has 1 atom stereocenters. The van der Waals surface area contributed by atoms with Gasteiger partial charge < -0.3 is 14.8 Å². The van der Waals surface area contributed by atoms with Gasteiger partial charge in [0.25, 0.3) is 0 Å². The summed E-state index contributed by atoms with van der Waals surface area (Å²) in [6.45, 7) is 6.16. The number of hydrogen-bond acceptors (Lipinski definition) is 8. The molecule has 106 valence electrons. The lowest BCUT2D eigenvalue weighted by atomic mass is 10.1. The molecule has 0 aliphatic carbocycles. The summed E-state index contributed by atoms with van der Waals surface area (Å²) in [5, 5.41) is 3.16. The van der Waals surface area contributed by atoms with Crippen molar-refractivity contribution in [2.24, 2.45) is 11.8 Å². The average Bonchev–Trinajstić information content (AvgIpc) is 2.88. The number of rotatable bonds is 6. The van der Waals surface area contributed by atoms with Gasteiger partial charge in [0, 0.05) is 19.1 Å². The van der Waals surface area contributed by atoms with Crippen molar-refractivity contribution >= 4 is 11.9 Å². The Morgan fingerprint density at radius 3 is 2.79 bits per heavy atom. The first-order valence-corrected chi connectivity index (χ1v) is 6.38. The highest BCUT2D eigenvalue weighted by molar-refractivity contribution is 5.34. The zero-order valence-electron chi connectivity index (χ0n) is 11.2. The lowest BCUT2D eigenvalue weighted by Crippen LogP contribution is -2.19. The monoisotopic (exact) mass is 268 g/mol. The standard InChI is InChI=1S/C11H20N6O2/c1-7(2)19-11-15-9(14-10(16-11)17-12)13-5-8-3-4-18-6-8/h7-8H,3-6,12H2,1-2H3,(H2,13,14,15,16,17). The van der Waals surface area contributed by atoms with E-state index in [0.29, 0.717) is 11.9 Å². The molecule has 8 heteroatoms. The number of aromatic nitrogens is 3. The SMILES string of the molecule is CC(C)Oc1nc(NN)nc(NCC2CCOC2)n1. The van der Waals surface area contributed by atoms with E-state index < -0.39 is 0 Å². The van der Waals surface area contributed by atoms with Gasteiger partial charge in [-0.2, -0.15) is 15.0 Å². The molecule has 19 heavy (non-hydrogen) atoms. The number of ether oxygens (including phenoxy) is 2. The molecule has 1 aromatic rings. The summed E-state index contributed by atoms with van der Waals surface area (Å²) in [4.78, 5) is 12.3. The first-order valence-electron chi connectivity index (χ1n) is 6.38. The predicted octanol–water partition coefficient (Wildman–Crippen LogP) is 0.393. The van der Waals surface area contributed by atoms with Crippen LogP contribution >= 0.6 is 0 Å². The minimum Gasteiger partial charge on any atom is -0.461 e. The van der Waals surface area contributed by atoms with Gasteiger partial charge in [0.2, 0.25) is 11.9 Å². The van der Waals surface area contributed by atoms with E-state index in [1.807, 2.05) is 13.8 Å². The Bertz CT molecular complexity index is 408. The van der Waals surface area contributed by atoms with E-state index in [-0.39, 0.29) is 18.1 Å². The van der Waals surface area contributed by atoms with Crippen molar-refractivity contribution in [3.8, 4) is 6.01 Å². The second-order valence-electron chi connectivity index (χ2n) is 4.69. The second kappa shape index (κ2) is 6.48. The summed E-state index contributed by atoms with van der Waals surface area (Å²) in [5.74, 6) is 6.54. The summed E-state index contributed by atoms with van der Waals surface area (Å²) in [5.41, 5.74) is 2.40. The number of nitrogens with two attached hydrogens (primary N) is 1. The third-order valence-corrected chi connectivity index (χ3v) is 2.66. The molecule has 0 bridgehead atoms. The van der Waals surface area contributed by atoms with Crippen molar-refractivity contribution in [1.29, 1.82) is 0 Å². The van der Waals surface area contributed by atoms with E-state index in [1.165, 1.54) is 0 Å². The summed E-state index contributed by atoms with van der Waals surface area (Å²) in [6, 6.07) is 0.253. The fourth-order valence-electron chi connectivity index (χ4n) is 1.74. The summed E-state index contributed by atoms with van der Waals surface area (Å²) >= 11 is 0. The molecule has 1 aliphatic rings. The van der Waals surface area contributed by atoms with Crippen LogP contribution in [0.25, 0.3) is 0 Å². The van der Waals surface area contributed by atoms with Crippen LogP contribution in [0.15, 0.2) is 0 Å². The Morgan fingerprint density at radius 2 is 2.16 bits per heavy atom. The van der Waals surface area contributed by atoms with Crippen LogP contribution in [0.1, 0.15) is 20.3 Å². The fraction of sp³-hybridized carbons (Fsp3) is 0.727. The molecule has 0 spiro atoms. The molecule has 1 aromatic heterocycles. The van der Waals surface area contributed by atoms with Crippen LogP contribution in [0, 0.1) is 5.92 Å². The van der Waals surface area contributed by atoms with E-state index >= 15 is 0 Å². The number of nitrogens with one attached hydrogen (secondary N) is 2. The molecule has 1 fully saturated rings. The van der Waals surface area contributed by atoms with Gasteiger partial charge in [0.05, 0.1) is 12.7 Å². The average molecular weight is 268 g/mol. The van der Waals surface area contributed by atoms with Crippen molar-refractivity contribution in [1.82, 2.24) is 15.0 Å². The molecule has 2 rings (SSSR count). The van der Waals surface area contributed by atoms with Gasteiger partial charge in [0.15, 0.2) is 0 Å². The number of nitrogen functional groups attached to an aromatic ring is 1. The molecular formula is C11H20N6O2. The van der Waals surface area contributed by atoms with Crippen LogP contribution in [0.2, 0.25) is 0 Å². The Labute approximate surface area is 112 Å². The van der Waals surface area contributed by atoms with Gasteiger partial charge in [-0.3, -0.25) is 5.43 Å². The van der Waals surface area contributed by atoms with Crippen molar-refractivity contribution in [3.63, 3.8) is 0 Å². The minimum atomic E-state index is -0.0101. The number of anilines is 2. The van der Waals surface area contributed by atoms with Crippen molar-refractivity contribution in [2.45, 2.75) is 26.4 Å². The van der Waals surface area contributed by atoms with Crippen LogP contribution < -0.4 is 21.3 Å². The molecule has 0 aromatic carbocycles. The van der Waals surface area contributed by atoms with Crippen LogP contribution in [0.3, 0.4) is 0 Å². The molecule has 1 unspecified atom stereocenters. The second-order valence-corrected chi connectivity index (χ2v) is 4.69. The Morgan fingerprint density at radius 1 is 1.37 bits per heavy atom. The highest BCUT2D eigenvalue weighted by Crippen LogP contribution is 2.15. The maximum atomic E-state index is 5.45. The third-order valence-electron chi connectivity index (χ3n) is 2.66. The smallest absolute Gasteiger partial charge is 0.323 e. The normalized spacial score (nSPS) is 18.6. The van der Waals surface area contributed by atoms with E-state index in [2.05, 4.69) is 25.7 Å². The van der Waals surface area contributed by atoms with E-state index in [9.17, 15) is 0 Å². The first kappa shape index (κ1) is 13.8.